The van der Waals surface area contributed by atoms with E-state index in [1.807, 2.05) is 39.8 Å². The molecule has 0 bridgehead atoms. The first kappa shape index (κ1) is 31.1. The molecule has 3 saturated heterocycles. The zero-order chi connectivity index (χ0) is 28.4. The summed E-state index contributed by atoms with van der Waals surface area (Å²) in [7, 11) is -0.412. The van der Waals surface area contributed by atoms with Gasteiger partial charge in [-0.1, -0.05) is 0 Å². The summed E-state index contributed by atoms with van der Waals surface area (Å²) in [6.45, 7) is 18.5. The van der Waals surface area contributed by atoms with Gasteiger partial charge in [-0.3, -0.25) is 19.8 Å². The molecule has 0 aliphatic carbocycles. The lowest BCUT2D eigenvalue weighted by Crippen LogP contribution is -2.41. The summed E-state index contributed by atoms with van der Waals surface area (Å²) in [5, 5.41) is 0. The second kappa shape index (κ2) is 14.9. The third-order valence-corrected chi connectivity index (χ3v) is 7.93. The predicted octanol–water partition coefficient (Wildman–Crippen LogP) is 2.65. The van der Waals surface area contributed by atoms with E-state index in [0.29, 0.717) is 13.2 Å². The van der Waals surface area contributed by atoms with Crippen molar-refractivity contribution in [1.82, 2.24) is 19.8 Å². The number of aromatic nitrogens is 2. The van der Waals surface area contributed by atoms with Gasteiger partial charge >= 0.3 is 7.12 Å². The van der Waals surface area contributed by atoms with Gasteiger partial charge in [-0.25, -0.2) is 0 Å². The summed E-state index contributed by atoms with van der Waals surface area (Å²) in [4.78, 5) is 13.0. The molecule has 0 spiro atoms. The van der Waals surface area contributed by atoms with E-state index in [4.69, 9.17) is 28.3 Å². The first-order valence-corrected chi connectivity index (χ1v) is 14.8. The van der Waals surface area contributed by atoms with Crippen molar-refractivity contribution in [3.63, 3.8) is 0 Å². The van der Waals surface area contributed by atoms with Crippen LogP contribution in [0.1, 0.15) is 27.7 Å². The largest absolute Gasteiger partial charge is 0.496 e. The number of hydrogen-bond donors (Lipinski definition) is 0. The van der Waals surface area contributed by atoms with E-state index in [1.54, 1.807) is 24.8 Å². The van der Waals surface area contributed by atoms with Gasteiger partial charge in [-0.05, 0) is 55.8 Å². The number of nitrogens with zero attached hydrogens (tertiary/aromatic N) is 4. The van der Waals surface area contributed by atoms with Crippen LogP contribution in [0.5, 0.6) is 11.5 Å². The maximum atomic E-state index is 6.06. The lowest BCUT2D eigenvalue weighted by atomic mass is 9.80. The highest BCUT2D eigenvalue weighted by molar-refractivity contribution is 9.10. The summed E-state index contributed by atoms with van der Waals surface area (Å²) in [6.07, 6.45) is 6.98. The average Bonchev–Trinajstić information content (AvgIpc) is 3.17. The number of pyridine rings is 2. The molecule has 0 aromatic carbocycles. The SMILES string of the molecule is Brc1cncc(OCCN2CCOCC2)c1.CC1(C)OB(c2cncc(OCCN3CCOCC3)c2)OC1(C)C. The van der Waals surface area contributed by atoms with Crippen molar-refractivity contribution in [2.45, 2.75) is 38.9 Å². The van der Waals surface area contributed by atoms with Crippen LogP contribution in [0.15, 0.2) is 41.4 Å². The topological polar surface area (TPSA) is 87.6 Å². The Kier molecular flexibility index (Phi) is 11.6. The molecule has 40 heavy (non-hydrogen) atoms. The molecule has 0 atom stereocenters. The van der Waals surface area contributed by atoms with Crippen molar-refractivity contribution in [2.75, 3.05) is 78.9 Å². The fourth-order valence-corrected chi connectivity index (χ4v) is 4.67. The van der Waals surface area contributed by atoms with Gasteiger partial charge in [-0.15, -0.1) is 0 Å². The Labute approximate surface area is 246 Å². The lowest BCUT2D eigenvalue weighted by Gasteiger charge is -2.32. The van der Waals surface area contributed by atoms with E-state index in [-0.39, 0.29) is 11.2 Å². The van der Waals surface area contributed by atoms with E-state index < -0.39 is 7.12 Å². The lowest BCUT2D eigenvalue weighted by molar-refractivity contribution is 0.00578. The van der Waals surface area contributed by atoms with Gasteiger partial charge in [0, 0.05) is 61.6 Å². The highest BCUT2D eigenvalue weighted by Crippen LogP contribution is 2.36. The number of hydrogen-bond acceptors (Lipinski definition) is 10. The smallest absolute Gasteiger partial charge is 0.491 e. The molecule has 2 aromatic heterocycles. The Bertz CT molecular complexity index is 1040. The number of rotatable bonds is 9. The van der Waals surface area contributed by atoms with Crippen LogP contribution in [0, 0.1) is 0 Å². The molecular formula is C28H42BBrN4O6. The van der Waals surface area contributed by atoms with E-state index in [9.17, 15) is 0 Å². The van der Waals surface area contributed by atoms with Crippen LogP contribution in [0.2, 0.25) is 0 Å². The minimum absolute atomic E-state index is 0.356. The van der Waals surface area contributed by atoms with Crippen molar-refractivity contribution < 1.29 is 28.3 Å². The predicted molar refractivity (Wildman–Crippen MR) is 157 cm³/mol. The molecule has 0 unspecified atom stereocenters. The van der Waals surface area contributed by atoms with Crippen molar-refractivity contribution in [1.29, 1.82) is 0 Å². The van der Waals surface area contributed by atoms with Crippen LogP contribution in [-0.2, 0) is 18.8 Å². The van der Waals surface area contributed by atoms with E-state index in [0.717, 1.165) is 87.1 Å². The normalized spacial score (nSPS) is 21.0. The average molecular weight is 621 g/mol. The molecule has 2 aromatic rings. The first-order chi connectivity index (χ1) is 19.2. The van der Waals surface area contributed by atoms with Gasteiger partial charge in [0.05, 0.1) is 50.0 Å². The Balaban J connectivity index is 0.000000201. The van der Waals surface area contributed by atoms with Crippen LogP contribution in [0.3, 0.4) is 0 Å². The molecule has 5 heterocycles. The summed E-state index contributed by atoms with van der Waals surface area (Å²) >= 11 is 3.36. The second-order valence-electron chi connectivity index (χ2n) is 11.0. The van der Waals surface area contributed by atoms with E-state index >= 15 is 0 Å². The second-order valence-corrected chi connectivity index (χ2v) is 11.9. The minimum atomic E-state index is -0.412. The first-order valence-electron chi connectivity index (χ1n) is 14.0. The number of morpholine rings is 2. The van der Waals surface area contributed by atoms with Gasteiger partial charge in [0.1, 0.15) is 24.7 Å². The van der Waals surface area contributed by atoms with Crippen molar-refractivity contribution in [2.24, 2.45) is 0 Å². The van der Waals surface area contributed by atoms with Crippen molar-refractivity contribution in [3.05, 3.63) is 41.4 Å². The van der Waals surface area contributed by atoms with Gasteiger partial charge in [0.15, 0.2) is 0 Å². The van der Waals surface area contributed by atoms with Crippen LogP contribution in [0.25, 0.3) is 0 Å². The van der Waals surface area contributed by atoms with Gasteiger partial charge in [0.2, 0.25) is 0 Å². The molecule has 10 nitrogen and oxygen atoms in total. The molecule has 5 rings (SSSR count). The van der Waals surface area contributed by atoms with Crippen molar-refractivity contribution >= 4 is 28.5 Å². The summed E-state index contributed by atoms with van der Waals surface area (Å²) in [5.74, 6) is 1.55. The Morgan fingerprint density at radius 1 is 0.750 bits per heavy atom. The minimum Gasteiger partial charge on any atom is -0.491 e. The van der Waals surface area contributed by atoms with Crippen LogP contribution >= 0.6 is 15.9 Å². The Morgan fingerprint density at radius 2 is 1.23 bits per heavy atom. The molecular weight excluding hydrogens is 579 g/mol. The highest BCUT2D eigenvalue weighted by Gasteiger charge is 2.51. The van der Waals surface area contributed by atoms with Gasteiger partial charge < -0.3 is 28.3 Å². The number of halogens is 1. The molecule has 0 amide bonds. The summed E-state index contributed by atoms with van der Waals surface area (Å²) in [6, 6.07) is 3.88. The highest BCUT2D eigenvalue weighted by atomic mass is 79.9. The van der Waals surface area contributed by atoms with Crippen LogP contribution in [-0.4, -0.2) is 117 Å². The molecule has 220 valence electrons. The summed E-state index contributed by atoms with van der Waals surface area (Å²) < 4.78 is 35.2. The van der Waals surface area contributed by atoms with E-state index in [2.05, 4.69) is 35.7 Å². The third kappa shape index (κ3) is 9.37. The van der Waals surface area contributed by atoms with Crippen molar-refractivity contribution in [3.8, 4) is 11.5 Å². The maximum Gasteiger partial charge on any atom is 0.496 e. The monoisotopic (exact) mass is 620 g/mol. The standard InChI is InChI=1S/C17H27BN2O4.C11H15BrN2O2/c1-16(2)17(3,4)24-18(23-16)14-11-15(13-19-12-14)22-10-7-20-5-8-21-9-6-20;12-10-7-11(9-13-8-10)16-6-3-14-1-4-15-5-2-14/h11-13H,5-10H2,1-4H3;7-9H,1-6H2. The fraction of sp³-hybridized carbons (Fsp3) is 0.643. The molecule has 3 aliphatic rings. The van der Waals surface area contributed by atoms with Gasteiger partial charge in [-0.2, -0.15) is 0 Å². The molecule has 3 aliphatic heterocycles. The van der Waals surface area contributed by atoms with Crippen LogP contribution < -0.4 is 14.9 Å². The zero-order valence-corrected chi connectivity index (χ0v) is 25.7. The molecule has 3 fully saturated rings. The molecule has 0 saturated carbocycles. The zero-order valence-electron chi connectivity index (χ0n) is 24.1. The molecule has 12 heteroatoms. The Morgan fingerprint density at radius 3 is 1.73 bits per heavy atom. The molecule has 0 N–H and O–H groups in total. The van der Waals surface area contributed by atoms with E-state index in [1.165, 1.54) is 0 Å². The van der Waals surface area contributed by atoms with Gasteiger partial charge in [0.25, 0.3) is 0 Å². The summed E-state index contributed by atoms with van der Waals surface area (Å²) in [5.41, 5.74) is 0.174. The number of ether oxygens (including phenoxy) is 4. The maximum absolute atomic E-state index is 6.06. The quantitative estimate of drug-likeness (QED) is 0.390. The third-order valence-electron chi connectivity index (χ3n) is 7.50. The van der Waals surface area contributed by atoms with Crippen LogP contribution in [0.4, 0.5) is 0 Å². The Hall–Kier alpha value is -1.80. The molecule has 0 radical (unpaired) electrons. The fourth-order valence-electron chi connectivity index (χ4n) is 4.33.